The molecule has 0 bridgehead atoms. The van der Waals surface area contributed by atoms with Gasteiger partial charge in [0.25, 0.3) is 0 Å². The molecule has 0 saturated carbocycles. The molecule has 3 aromatic rings. The van der Waals surface area contributed by atoms with E-state index in [9.17, 15) is 4.79 Å². The molecular weight excluding hydrogens is 270 g/mol. The van der Waals surface area contributed by atoms with Crippen LogP contribution in [0.3, 0.4) is 0 Å². The summed E-state index contributed by atoms with van der Waals surface area (Å²) in [5.74, 6) is 0.448. The molecule has 4 heteroatoms. The van der Waals surface area contributed by atoms with Crippen LogP contribution in [0.1, 0.15) is 15.9 Å². The Labute approximate surface area is 120 Å². The van der Waals surface area contributed by atoms with Crippen LogP contribution >= 0.6 is 11.3 Å². The number of hydrogen-bond donors (Lipinski definition) is 1. The van der Waals surface area contributed by atoms with Crippen molar-refractivity contribution >= 4 is 32.9 Å². The van der Waals surface area contributed by atoms with E-state index in [2.05, 4.69) is 0 Å². The summed E-state index contributed by atoms with van der Waals surface area (Å²) in [5, 5.41) is 3.05. The SMILES string of the molecule is COc1cccc(C(=O)c2cccc3ccsc23)c1N. The number of thiophene rings is 1. The van der Waals surface area contributed by atoms with E-state index < -0.39 is 0 Å². The van der Waals surface area contributed by atoms with Crippen LogP contribution in [0.25, 0.3) is 10.1 Å². The van der Waals surface area contributed by atoms with Gasteiger partial charge in [-0.25, -0.2) is 0 Å². The highest BCUT2D eigenvalue weighted by Crippen LogP contribution is 2.30. The van der Waals surface area contributed by atoms with Crippen LogP contribution in [0.15, 0.2) is 47.8 Å². The van der Waals surface area contributed by atoms with E-state index in [1.165, 1.54) is 0 Å². The minimum atomic E-state index is -0.0746. The zero-order valence-corrected chi connectivity index (χ0v) is 11.7. The molecule has 100 valence electrons. The average molecular weight is 283 g/mol. The Morgan fingerprint density at radius 1 is 1.10 bits per heavy atom. The van der Waals surface area contributed by atoms with Gasteiger partial charge in [-0.1, -0.05) is 18.2 Å². The van der Waals surface area contributed by atoms with Gasteiger partial charge in [-0.3, -0.25) is 4.79 Å². The molecule has 0 amide bonds. The predicted octanol–water partition coefficient (Wildman–Crippen LogP) is 3.72. The molecule has 0 radical (unpaired) electrons. The first kappa shape index (κ1) is 12.7. The quantitative estimate of drug-likeness (QED) is 0.588. The number of methoxy groups -OCH3 is 1. The van der Waals surface area contributed by atoms with E-state index in [4.69, 9.17) is 10.5 Å². The van der Waals surface area contributed by atoms with Crippen molar-refractivity contribution in [2.24, 2.45) is 0 Å². The van der Waals surface area contributed by atoms with Gasteiger partial charge in [0.05, 0.1) is 12.8 Å². The third-order valence-electron chi connectivity index (χ3n) is 3.25. The third kappa shape index (κ3) is 1.94. The molecule has 1 heterocycles. The molecular formula is C16H13NO2S. The van der Waals surface area contributed by atoms with Crippen molar-refractivity contribution in [3.63, 3.8) is 0 Å². The number of hydrogen-bond acceptors (Lipinski definition) is 4. The average Bonchev–Trinajstić information content (AvgIpc) is 2.95. The maximum absolute atomic E-state index is 12.7. The predicted molar refractivity (Wildman–Crippen MR) is 82.7 cm³/mol. The van der Waals surface area contributed by atoms with Gasteiger partial charge in [-0.05, 0) is 35.0 Å². The minimum Gasteiger partial charge on any atom is -0.495 e. The Bertz CT molecular complexity index is 792. The zero-order valence-electron chi connectivity index (χ0n) is 10.9. The van der Waals surface area contributed by atoms with Crippen molar-refractivity contribution in [1.29, 1.82) is 0 Å². The Morgan fingerprint density at radius 2 is 1.85 bits per heavy atom. The number of rotatable bonds is 3. The molecule has 0 atom stereocenters. The lowest BCUT2D eigenvalue weighted by Crippen LogP contribution is -2.06. The van der Waals surface area contributed by atoms with E-state index in [1.54, 1.807) is 36.6 Å². The van der Waals surface area contributed by atoms with Crippen LogP contribution in [0.2, 0.25) is 0 Å². The van der Waals surface area contributed by atoms with E-state index >= 15 is 0 Å². The van der Waals surface area contributed by atoms with Gasteiger partial charge in [0, 0.05) is 15.8 Å². The molecule has 1 aromatic heterocycles. The lowest BCUT2D eigenvalue weighted by atomic mass is 10.0. The summed E-state index contributed by atoms with van der Waals surface area (Å²) in [6, 6.07) is 13.0. The Balaban J connectivity index is 2.16. The largest absolute Gasteiger partial charge is 0.495 e. The fraction of sp³-hybridized carbons (Fsp3) is 0.0625. The maximum atomic E-state index is 12.7. The summed E-state index contributed by atoms with van der Waals surface area (Å²) < 4.78 is 6.16. The monoisotopic (exact) mass is 283 g/mol. The Kier molecular flexibility index (Phi) is 3.16. The number of ketones is 1. The number of anilines is 1. The van der Waals surface area contributed by atoms with Crippen LogP contribution in [0.5, 0.6) is 5.75 Å². The number of ether oxygens (including phenoxy) is 1. The van der Waals surface area contributed by atoms with Crippen molar-refractivity contribution in [3.05, 3.63) is 59.0 Å². The molecule has 2 N–H and O–H groups in total. The first-order valence-electron chi connectivity index (χ1n) is 6.16. The summed E-state index contributed by atoms with van der Waals surface area (Å²) in [6.45, 7) is 0. The van der Waals surface area contributed by atoms with E-state index in [0.717, 1.165) is 10.1 Å². The smallest absolute Gasteiger partial charge is 0.196 e. The van der Waals surface area contributed by atoms with Gasteiger partial charge in [0.15, 0.2) is 5.78 Å². The van der Waals surface area contributed by atoms with Crippen LogP contribution in [-0.2, 0) is 0 Å². The first-order valence-corrected chi connectivity index (χ1v) is 7.03. The maximum Gasteiger partial charge on any atom is 0.196 e. The molecule has 3 nitrogen and oxygen atoms in total. The highest BCUT2D eigenvalue weighted by molar-refractivity contribution is 7.17. The second-order valence-corrected chi connectivity index (χ2v) is 5.31. The van der Waals surface area contributed by atoms with Gasteiger partial charge >= 0.3 is 0 Å². The van der Waals surface area contributed by atoms with Crippen LogP contribution in [-0.4, -0.2) is 12.9 Å². The lowest BCUT2D eigenvalue weighted by Gasteiger charge is -2.09. The third-order valence-corrected chi connectivity index (χ3v) is 4.22. The van der Waals surface area contributed by atoms with Crippen LogP contribution in [0, 0.1) is 0 Å². The molecule has 0 saturated heterocycles. The fourth-order valence-corrected chi connectivity index (χ4v) is 3.15. The summed E-state index contributed by atoms with van der Waals surface area (Å²) in [4.78, 5) is 12.7. The Morgan fingerprint density at radius 3 is 2.65 bits per heavy atom. The normalized spacial score (nSPS) is 10.7. The number of nitrogen functional groups attached to an aromatic ring is 1. The molecule has 0 fully saturated rings. The standard InChI is InChI=1S/C16H13NO2S/c1-19-13-7-3-5-11(14(13)17)15(18)12-6-2-4-10-8-9-20-16(10)12/h2-9H,17H2,1H3. The molecule has 3 rings (SSSR count). The Hall–Kier alpha value is -2.33. The van der Waals surface area contributed by atoms with Crippen LogP contribution < -0.4 is 10.5 Å². The van der Waals surface area contributed by atoms with Gasteiger partial charge in [-0.15, -0.1) is 11.3 Å². The highest BCUT2D eigenvalue weighted by Gasteiger charge is 2.17. The number of carbonyl (C=O) groups is 1. The van der Waals surface area contributed by atoms with Crippen molar-refractivity contribution in [2.45, 2.75) is 0 Å². The number of para-hydroxylation sites is 1. The number of carbonyl (C=O) groups excluding carboxylic acids is 1. The molecule has 0 aliphatic rings. The van der Waals surface area contributed by atoms with Gasteiger partial charge in [0.1, 0.15) is 5.75 Å². The highest BCUT2D eigenvalue weighted by atomic mass is 32.1. The number of fused-ring (bicyclic) bond motifs is 1. The van der Waals surface area contributed by atoms with Gasteiger partial charge in [0.2, 0.25) is 0 Å². The van der Waals surface area contributed by atoms with Gasteiger partial charge in [-0.2, -0.15) is 0 Å². The van der Waals surface area contributed by atoms with Crippen LogP contribution in [0.4, 0.5) is 5.69 Å². The fourth-order valence-electron chi connectivity index (χ4n) is 2.24. The van der Waals surface area contributed by atoms with Crippen molar-refractivity contribution in [1.82, 2.24) is 0 Å². The topological polar surface area (TPSA) is 52.3 Å². The zero-order chi connectivity index (χ0) is 14.1. The summed E-state index contributed by atoms with van der Waals surface area (Å²) >= 11 is 1.56. The molecule has 0 aliphatic carbocycles. The van der Waals surface area contributed by atoms with Crippen molar-refractivity contribution < 1.29 is 9.53 Å². The van der Waals surface area contributed by atoms with E-state index in [1.807, 2.05) is 29.6 Å². The molecule has 20 heavy (non-hydrogen) atoms. The second kappa shape index (κ2) is 4.98. The first-order chi connectivity index (χ1) is 9.72. The molecule has 0 aliphatic heterocycles. The van der Waals surface area contributed by atoms with Gasteiger partial charge < -0.3 is 10.5 Å². The molecule has 0 spiro atoms. The molecule has 2 aromatic carbocycles. The summed E-state index contributed by atoms with van der Waals surface area (Å²) in [7, 11) is 1.54. The summed E-state index contributed by atoms with van der Waals surface area (Å²) in [6.07, 6.45) is 0. The number of benzene rings is 2. The lowest BCUT2D eigenvalue weighted by molar-refractivity contribution is 0.104. The van der Waals surface area contributed by atoms with Crippen molar-refractivity contribution in [2.75, 3.05) is 12.8 Å². The number of nitrogens with two attached hydrogens (primary N) is 1. The van der Waals surface area contributed by atoms with E-state index in [0.29, 0.717) is 22.6 Å². The minimum absolute atomic E-state index is 0.0746. The van der Waals surface area contributed by atoms with Crippen molar-refractivity contribution in [3.8, 4) is 5.75 Å². The second-order valence-electron chi connectivity index (χ2n) is 4.40. The van der Waals surface area contributed by atoms with E-state index in [-0.39, 0.29) is 5.78 Å². The summed E-state index contributed by atoms with van der Waals surface area (Å²) in [5.41, 5.74) is 7.55. The molecule has 0 unspecified atom stereocenters.